The van der Waals surface area contributed by atoms with Crippen LogP contribution in [0.25, 0.3) is 0 Å². The van der Waals surface area contributed by atoms with Crippen molar-refractivity contribution in [3.63, 3.8) is 0 Å². The average molecular weight is 330 g/mol. The highest BCUT2D eigenvalue weighted by molar-refractivity contribution is 6.01. The molecule has 0 heterocycles. The molecule has 8 nitrogen and oxygen atoms in total. The van der Waals surface area contributed by atoms with E-state index in [1.807, 2.05) is 37.2 Å². The van der Waals surface area contributed by atoms with E-state index >= 15 is 0 Å². The quantitative estimate of drug-likeness (QED) is 0.647. The third-order valence-corrected chi connectivity index (χ3v) is 3.26. The van der Waals surface area contributed by atoms with Gasteiger partial charge in [0.15, 0.2) is 0 Å². The van der Waals surface area contributed by atoms with E-state index in [0.29, 0.717) is 5.69 Å². The van der Waals surface area contributed by atoms with Gasteiger partial charge in [-0.2, -0.15) is 0 Å². The Labute approximate surface area is 139 Å². The van der Waals surface area contributed by atoms with Crippen molar-refractivity contribution < 1.29 is 14.5 Å². The molecule has 0 atom stereocenters. The van der Waals surface area contributed by atoms with Crippen molar-refractivity contribution in [2.45, 2.75) is 0 Å². The number of benzene rings is 2. The molecule has 2 aromatic rings. The van der Waals surface area contributed by atoms with Gasteiger partial charge < -0.3 is 20.3 Å². The molecule has 0 spiro atoms. The Balaban J connectivity index is 2.17. The summed E-state index contributed by atoms with van der Waals surface area (Å²) in [5.41, 5.74) is 1.53. The van der Waals surface area contributed by atoms with Gasteiger partial charge in [0, 0.05) is 31.5 Å². The van der Waals surface area contributed by atoms with Crippen LogP contribution in [-0.2, 0) is 0 Å². The van der Waals surface area contributed by atoms with Crippen LogP contribution in [0, 0.1) is 10.1 Å². The summed E-state index contributed by atoms with van der Waals surface area (Å²) in [4.78, 5) is 24.5. The highest BCUT2D eigenvalue weighted by Crippen LogP contribution is 2.34. The van der Waals surface area contributed by atoms with Crippen LogP contribution in [0.2, 0.25) is 0 Å². The Hall–Kier alpha value is -3.29. The van der Waals surface area contributed by atoms with E-state index in [1.165, 1.54) is 25.3 Å². The summed E-state index contributed by atoms with van der Waals surface area (Å²) >= 11 is 0. The molecule has 2 N–H and O–H groups in total. The minimum atomic E-state index is -0.567. The first kappa shape index (κ1) is 17.1. The number of nitro groups is 1. The summed E-state index contributed by atoms with van der Waals surface area (Å²) < 4.78 is 5.05. The molecule has 0 radical (unpaired) electrons. The van der Waals surface area contributed by atoms with Crippen molar-refractivity contribution in [1.82, 2.24) is 0 Å². The van der Waals surface area contributed by atoms with Crippen molar-refractivity contribution >= 4 is 28.8 Å². The second-order valence-corrected chi connectivity index (χ2v) is 5.14. The second kappa shape index (κ2) is 7.32. The van der Waals surface area contributed by atoms with Gasteiger partial charge in [-0.25, -0.2) is 4.79 Å². The molecule has 2 rings (SSSR count). The number of carbonyl (C=O) groups excluding carboxylic acids is 1. The number of rotatable bonds is 5. The highest BCUT2D eigenvalue weighted by Gasteiger charge is 2.19. The maximum absolute atomic E-state index is 12.2. The zero-order valence-corrected chi connectivity index (χ0v) is 13.6. The fourth-order valence-electron chi connectivity index (χ4n) is 2.13. The predicted molar refractivity (Wildman–Crippen MR) is 93.1 cm³/mol. The first-order chi connectivity index (χ1) is 11.4. The lowest BCUT2D eigenvalue weighted by Crippen LogP contribution is -2.20. The predicted octanol–water partition coefficient (Wildman–Crippen LogP) is 3.31. The van der Waals surface area contributed by atoms with Crippen LogP contribution in [0.4, 0.5) is 27.5 Å². The number of hydrogen-bond acceptors (Lipinski definition) is 5. The summed E-state index contributed by atoms with van der Waals surface area (Å²) in [5, 5.41) is 16.2. The van der Waals surface area contributed by atoms with Gasteiger partial charge in [-0.05, 0) is 24.3 Å². The number of nitrogens with zero attached hydrogens (tertiary/aromatic N) is 2. The van der Waals surface area contributed by atoms with Crippen LogP contribution in [0.3, 0.4) is 0 Å². The van der Waals surface area contributed by atoms with E-state index in [4.69, 9.17) is 4.74 Å². The second-order valence-electron chi connectivity index (χ2n) is 5.14. The topological polar surface area (TPSA) is 96.7 Å². The van der Waals surface area contributed by atoms with Gasteiger partial charge in [-0.1, -0.05) is 12.1 Å². The van der Waals surface area contributed by atoms with Gasteiger partial charge in [-0.3, -0.25) is 10.1 Å². The molecule has 0 unspecified atom stereocenters. The van der Waals surface area contributed by atoms with Crippen molar-refractivity contribution in [1.29, 1.82) is 0 Å². The van der Waals surface area contributed by atoms with Crippen LogP contribution >= 0.6 is 0 Å². The molecule has 0 aliphatic carbocycles. The van der Waals surface area contributed by atoms with Crippen LogP contribution in [-0.4, -0.2) is 32.2 Å². The third kappa shape index (κ3) is 3.92. The van der Waals surface area contributed by atoms with Gasteiger partial charge in [0.2, 0.25) is 5.75 Å². The first-order valence-electron chi connectivity index (χ1n) is 7.09. The molecule has 0 saturated carbocycles. The van der Waals surface area contributed by atoms with Crippen molar-refractivity contribution in [3.8, 4) is 5.75 Å². The van der Waals surface area contributed by atoms with Gasteiger partial charge in [0.25, 0.3) is 0 Å². The maximum atomic E-state index is 12.2. The smallest absolute Gasteiger partial charge is 0.323 e. The van der Waals surface area contributed by atoms with E-state index in [9.17, 15) is 14.9 Å². The molecule has 126 valence electrons. The molecular formula is C16H18N4O4. The largest absolute Gasteiger partial charge is 0.489 e. The minimum Gasteiger partial charge on any atom is -0.489 e. The number of methoxy groups -OCH3 is 1. The number of para-hydroxylation sites is 1. The number of hydrogen-bond donors (Lipinski definition) is 2. The molecule has 0 aliphatic heterocycles. The summed E-state index contributed by atoms with van der Waals surface area (Å²) in [6.07, 6.45) is 0. The Morgan fingerprint density at radius 3 is 2.50 bits per heavy atom. The third-order valence-electron chi connectivity index (χ3n) is 3.26. The molecule has 0 aliphatic rings. The normalized spacial score (nSPS) is 9.96. The number of carbonyl (C=O) groups is 1. The molecule has 2 amide bonds. The summed E-state index contributed by atoms with van der Waals surface area (Å²) in [7, 11) is 5.10. The van der Waals surface area contributed by atoms with Gasteiger partial charge in [0.05, 0.1) is 17.7 Å². The Morgan fingerprint density at radius 1 is 1.17 bits per heavy atom. The van der Waals surface area contributed by atoms with Crippen LogP contribution < -0.4 is 20.3 Å². The fourth-order valence-corrected chi connectivity index (χ4v) is 2.13. The van der Waals surface area contributed by atoms with Crippen molar-refractivity contribution in [2.24, 2.45) is 0 Å². The standard InChI is InChI=1S/C16H18N4O4/c1-19(2)12-7-4-6-11(10-12)17-16(21)18-13-8-5-9-14(20(22)23)15(13)24-3/h4-10H,1-3H3,(H2,17,18,21). The van der Waals surface area contributed by atoms with Crippen LogP contribution in [0.15, 0.2) is 42.5 Å². The Morgan fingerprint density at radius 2 is 1.88 bits per heavy atom. The number of ether oxygens (including phenoxy) is 1. The van der Waals surface area contributed by atoms with Gasteiger partial charge in [0.1, 0.15) is 0 Å². The lowest BCUT2D eigenvalue weighted by atomic mass is 10.2. The Bertz CT molecular complexity index is 761. The van der Waals surface area contributed by atoms with Gasteiger partial charge in [-0.15, -0.1) is 0 Å². The average Bonchev–Trinajstić information content (AvgIpc) is 2.54. The molecular weight excluding hydrogens is 312 g/mol. The lowest BCUT2D eigenvalue weighted by Gasteiger charge is -2.15. The van der Waals surface area contributed by atoms with Crippen LogP contribution in [0.5, 0.6) is 5.75 Å². The summed E-state index contributed by atoms with van der Waals surface area (Å²) in [6.45, 7) is 0. The molecule has 8 heteroatoms. The van der Waals surface area contributed by atoms with Crippen molar-refractivity contribution in [3.05, 3.63) is 52.6 Å². The zero-order chi connectivity index (χ0) is 17.7. The molecule has 24 heavy (non-hydrogen) atoms. The van der Waals surface area contributed by atoms with Crippen LogP contribution in [0.1, 0.15) is 0 Å². The van der Waals surface area contributed by atoms with E-state index in [0.717, 1.165) is 5.69 Å². The SMILES string of the molecule is COc1c(NC(=O)Nc2cccc(N(C)C)c2)cccc1[N+](=O)[O-]. The molecule has 0 aromatic heterocycles. The monoisotopic (exact) mass is 330 g/mol. The van der Waals surface area contributed by atoms with E-state index in [2.05, 4.69) is 10.6 Å². The minimum absolute atomic E-state index is 0.000285. The fraction of sp³-hybridized carbons (Fsp3) is 0.188. The molecule has 2 aromatic carbocycles. The Kier molecular flexibility index (Phi) is 5.20. The molecule has 0 fully saturated rings. The van der Waals surface area contributed by atoms with Gasteiger partial charge >= 0.3 is 11.7 Å². The first-order valence-corrected chi connectivity index (χ1v) is 7.09. The molecule has 0 saturated heterocycles. The lowest BCUT2D eigenvalue weighted by molar-refractivity contribution is -0.385. The number of nitro benzene ring substituents is 1. The number of anilines is 3. The number of urea groups is 1. The number of nitrogens with one attached hydrogen (secondary N) is 2. The maximum Gasteiger partial charge on any atom is 0.323 e. The number of amides is 2. The highest BCUT2D eigenvalue weighted by atomic mass is 16.6. The van der Waals surface area contributed by atoms with E-state index in [-0.39, 0.29) is 17.1 Å². The summed E-state index contributed by atoms with van der Waals surface area (Å²) in [6, 6.07) is 11.1. The summed E-state index contributed by atoms with van der Waals surface area (Å²) in [5.74, 6) is -0.000285. The zero-order valence-electron chi connectivity index (χ0n) is 13.6. The molecule has 0 bridgehead atoms. The van der Waals surface area contributed by atoms with Crippen molar-refractivity contribution in [2.75, 3.05) is 36.7 Å². The van der Waals surface area contributed by atoms with E-state index < -0.39 is 11.0 Å². The van der Waals surface area contributed by atoms with E-state index in [1.54, 1.807) is 6.07 Å².